The highest BCUT2D eigenvalue weighted by molar-refractivity contribution is 5.70. The molecule has 2 rings (SSSR count). The molecule has 4 heteroatoms. The maximum absolute atomic E-state index is 11.1. The van der Waals surface area contributed by atoms with Gasteiger partial charge in [-0.3, -0.25) is 9.59 Å². The van der Waals surface area contributed by atoms with Crippen LogP contribution in [0.1, 0.15) is 69.1 Å². The Hall–Kier alpha value is -2.62. The van der Waals surface area contributed by atoms with Crippen molar-refractivity contribution in [3.05, 3.63) is 71.3 Å². The largest absolute Gasteiger partial charge is 0.481 e. The lowest BCUT2D eigenvalue weighted by Crippen LogP contribution is -2.19. The summed E-state index contributed by atoms with van der Waals surface area (Å²) in [5.74, 6) is -1.92. The molecule has 0 fully saturated rings. The van der Waals surface area contributed by atoms with Gasteiger partial charge in [0.05, 0.1) is 5.92 Å². The van der Waals surface area contributed by atoms with E-state index in [1.54, 1.807) is 0 Å². The van der Waals surface area contributed by atoms with Gasteiger partial charge in [0, 0.05) is 6.42 Å². The van der Waals surface area contributed by atoms with Crippen molar-refractivity contribution in [2.24, 2.45) is 11.8 Å². The Bertz CT molecular complexity index is 753. The Kier molecular flexibility index (Phi) is 13.0. The number of hydrogen-bond donors (Lipinski definition) is 2. The van der Waals surface area contributed by atoms with Crippen molar-refractivity contribution < 1.29 is 19.8 Å². The van der Waals surface area contributed by atoms with Gasteiger partial charge in [0.2, 0.25) is 0 Å². The van der Waals surface area contributed by atoms with Crippen LogP contribution in [0, 0.1) is 18.8 Å². The summed E-state index contributed by atoms with van der Waals surface area (Å²) in [6.45, 7) is 6.22. The molecule has 2 aromatic carbocycles. The predicted molar refractivity (Wildman–Crippen MR) is 126 cm³/mol. The van der Waals surface area contributed by atoms with Gasteiger partial charge in [0.1, 0.15) is 0 Å². The molecule has 2 unspecified atom stereocenters. The van der Waals surface area contributed by atoms with Crippen LogP contribution in [-0.4, -0.2) is 22.2 Å². The third-order valence-corrected chi connectivity index (χ3v) is 5.53. The van der Waals surface area contributed by atoms with E-state index in [9.17, 15) is 9.59 Å². The molecule has 0 spiro atoms. The van der Waals surface area contributed by atoms with Crippen LogP contribution in [0.5, 0.6) is 0 Å². The smallest absolute Gasteiger partial charge is 0.306 e. The van der Waals surface area contributed by atoms with Crippen molar-refractivity contribution in [1.82, 2.24) is 0 Å². The van der Waals surface area contributed by atoms with E-state index in [1.165, 1.54) is 30.4 Å². The van der Waals surface area contributed by atoms with Crippen LogP contribution in [0.25, 0.3) is 0 Å². The number of benzene rings is 2. The maximum atomic E-state index is 11.1. The summed E-state index contributed by atoms with van der Waals surface area (Å²) in [6.07, 6.45) is 6.29. The SMILES string of the molecule is CCC(CC(CCC(=O)O)Cc1ccccc1)C(=O)O.CCCCc1ccc(C)cc1. The van der Waals surface area contributed by atoms with Gasteiger partial charge in [-0.15, -0.1) is 0 Å². The molecule has 0 aromatic heterocycles. The summed E-state index contributed by atoms with van der Waals surface area (Å²) in [7, 11) is 0. The number of carboxylic acids is 2. The van der Waals surface area contributed by atoms with Gasteiger partial charge < -0.3 is 10.2 Å². The second kappa shape index (κ2) is 15.2. The number of carbonyl (C=O) groups is 2. The highest BCUT2D eigenvalue weighted by Crippen LogP contribution is 2.24. The van der Waals surface area contributed by atoms with Crippen molar-refractivity contribution in [3.8, 4) is 0 Å². The first-order valence-electron chi connectivity index (χ1n) is 11.4. The number of rotatable bonds is 12. The molecule has 31 heavy (non-hydrogen) atoms. The molecular formula is C27H38O4. The quantitative estimate of drug-likeness (QED) is 0.403. The number of aliphatic carboxylic acids is 2. The summed E-state index contributed by atoms with van der Waals surface area (Å²) in [5.41, 5.74) is 3.95. The van der Waals surface area contributed by atoms with Crippen LogP contribution >= 0.6 is 0 Å². The van der Waals surface area contributed by atoms with Crippen molar-refractivity contribution in [3.63, 3.8) is 0 Å². The molecule has 0 aliphatic carbocycles. The highest BCUT2D eigenvalue weighted by atomic mass is 16.4. The molecule has 0 aliphatic heterocycles. The fraction of sp³-hybridized carbons (Fsp3) is 0.481. The van der Waals surface area contributed by atoms with E-state index in [2.05, 4.69) is 38.1 Å². The normalized spacial score (nSPS) is 12.4. The minimum Gasteiger partial charge on any atom is -0.481 e. The van der Waals surface area contributed by atoms with Crippen LogP contribution in [-0.2, 0) is 22.4 Å². The van der Waals surface area contributed by atoms with Gasteiger partial charge in [-0.25, -0.2) is 0 Å². The van der Waals surface area contributed by atoms with Crippen LogP contribution < -0.4 is 0 Å². The summed E-state index contributed by atoms with van der Waals surface area (Å²) in [6, 6.07) is 18.6. The van der Waals surface area contributed by atoms with E-state index < -0.39 is 17.9 Å². The van der Waals surface area contributed by atoms with Gasteiger partial charge in [0.15, 0.2) is 0 Å². The van der Waals surface area contributed by atoms with E-state index in [0.29, 0.717) is 19.3 Å². The van der Waals surface area contributed by atoms with E-state index in [0.717, 1.165) is 12.0 Å². The standard InChI is InChI=1S/C16H22O4.C11H16/c1-2-14(16(19)20)11-13(8-9-15(17)18)10-12-6-4-3-5-7-12;1-3-4-5-11-8-6-10(2)7-9-11/h3-7,13-14H,2,8-11H2,1H3,(H,17,18)(H,19,20);6-9H,3-5H2,1-2H3. The minimum atomic E-state index is -0.827. The number of aryl methyl sites for hydroxylation is 2. The van der Waals surface area contributed by atoms with Gasteiger partial charge >= 0.3 is 11.9 Å². The van der Waals surface area contributed by atoms with Crippen molar-refractivity contribution in [1.29, 1.82) is 0 Å². The number of hydrogen-bond acceptors (Lipinski definition) is 2. The lowest BCUT2D eigenvalue weighted by atomic mass is 9.85. The Balaban J connectivity index is 0.000000367. The third kappa shape index (κ3) is 12.0. The summed E-state index contributed by atoms with van der Waals surface area (Å²) < 4.78 is 0. The minimum absolute atomic E-state index is 0.0908. The van der Waals surface area contributed by atoms with E-state index in [4.69, 9.17) is 10.2 Å². The second-order valence-electron chi connectivity index (χ2n) is 8.26. The van der Waals surface area contributed by atoms with Crippen molar-refractivity contribution in [2.75, 3.05) is 0 Å². The fourth-order valence-corrected chi connectivity index (χ4v) is 3.56. The average molecular weight is 427 g/mol. The zero-order valence-electron chi connectivity index (χ0n) is 19.2. The topological polar surface area (TPSA) is 74.6 Å². The maximum Gasteiger partial charge on any atom is 0.306 e. The molecule has 0 radical (unpaired) electrons. The molecule has 0 saturated heterocycles. The van der Waals surface area contributed by atoms with Crippen LogP contribution in [0.4, 0.5) is 0 Å². The van der Waals surface area contributed by atoms with Gasteiger partial charge in [-0.2, -0.15) is 0 Å². The van der Waals surface area contributed by atoms with Crippen molar-refractivity contribution in [2.45, 2.75) is 72.1 Å². The lowest BCUT2D eigenvalue weighted by Gasteiger charge is -2.20. The Labute approximate surface area is 187 Å². The molecule has 0 aliphatic rings. The Morgan fingerprint density at radius 3 is 2.06 bits per heavy atom. The van der Waals surface area contributed by atoms with Crippen LogP contribution in [0.15, 0.2) is 54.6 Å². The van der Waals surface area contributed by atoms with Crippen LogP contribution in [0.2, 0.25) is 0 Å². The molecule has 0 amide bonds. The van der Waals surface area contributed by atoms with Gasteiger partial charge in [-0.1, -0.05) is 80.4 Å². The molecule has 0 saturated carbocycles. The number of carboxylic acid groups (broad SMARTS) is 2. The zero-order valence-corrected chi connectivity index (χ0v) is 19.2. The molecular weight excluding hydrogens is 388 g/mol. The molecule has 2 aromatic rings. The number of unbranched alkanes of at least 4 members (excludes halogenated alkanes) is 1. The zero-order chi connectivity index (χ0) is 23.1. The molecule has 170 valence electrons. The van der Waals surface area contributed by atoms with Crippen molar-refractivity contribution >= 4 is 11.9 Å². The van der Waals surface area contributed by atoms with E-state index >= 15 is 0 Å². The molecule has 2 N–H and O–H groups in total. The Morgan fingerprint density at radius 2 is 1.55 bits per heavy atom. The first kappa shape index (κ1) is 26.4. The molecule has 0 heterocycles. The summed E-state index contributed by atoms with van der Waals surface area (Å²) in [4.78, 5) is 21.9. The lowest BCUT2D eigenvalue weighted by molar-refractivity contribution is -0.142. The van der Waals surface area contributed by atoms with E-state index in [-0.39, 0.29) is 12.3 Å². The molecule has 2 atom stereocenters. The molecule has 0 bridgehead atoms. The second-order valence-corrected chi connectivity index (χ2v) is 8.26. The highest BCUT2D eigenvalue weighted by Gasteiger charge is 2.21. The monoisotopic (exact) mass is 426 g/mol. The average Bonchev–Trinajstić information content (AvgIpc) is 2.76. The van der Waals surface area contributed by atoms with E-state index in [1.807, 2.05) is 37.3 Å². The van der Waals surface area contributed by atoms with Gasteiger partial charge in [-0.05, 0) is 62.5 Å². The first-order valence-corrected chi connectivity index (χ1v) is 11.4. The Morgan fingerprint density at radius 1 is 0.903 bits per heavy atom. The predicted octanol–water partition coefficient (Wildman–Crippen LogP) is 6.55. The fourth-order valence-electron chi connectivity index (χ4n) is 3.56. The summed E-state index contributed by atoms with van der Waals surface area (Å²) in [5, 5.41) is 18.0. The van der Waals surface area contributed by atoms with Gasteiger partial charge in [0.25, 0.3) is 0 Å². The summed E-state index contributed by atoms with van der Waals surface area (Å²) >= 11 is 0. The first-order chi connectivity index (χ1) is 14.8. The molecule has 4 nitrogen and oxygen atoms in total. The third-order valence-electron chi connectivity index (χ3n) is 5.53. The van der Waals surface area contributed by atoms with Crippen LogP contribution in [0.3, 0.4) is 0 Å².